The summed E-state index contributed by atoms with van der Waals surface area (Å²) in [7, 11) is 0.853. The van der Waals surface area contributed by atoms with Gasteiger partial charge in [0.15, 0.2) is 0 Å². The van der Waals surface area contributed by atoms with E-state index in [1.54, 1.807) is 12.1 Å². The van der Waals surface area contributed by atoms with Crippen LogP contribution >= 0.6 is 0 Å². The van der Waals surface area contributed by atoms with Crippen molar-refractivity contribution in [3.05, 3.63) is 34.4 Å². The molecule has 1 aromatic rings. The highest BCUT2D eigenvalue weighted by molar-refractivity contribution is 7.85. The third kappa shape index (κ3) is 2.76. The molecule has 1 aliphatic rings. The van der Waals surface area contributed by atoms with Gasteiger partial charge in [0.2, 0.25) is 0 Å². The maximum Gasteiger partial charge on any atom is 0.269 e. The summed E-state index contributed by atoms with van der Waals surface area (Å²) < 4.78 is 12.3. The van der Waals surface area contributed by atoms with Crippen LogP contribution in [-0.2, 0) is 10.8 Å². The first-order valence-corrected chi connectivity index (χ1v) is 7.15. The van der Waals surface area contributed by atoms with Gasteiger partial charge in [-0.15, -0.1) is 0 Å². The largest absolute Gasteiger partial charge is 0.317 e. The molecule has 6 heteroatoms. The minimum Gasteiger partial charge on any atom is -0.317 e. The quantitative estimate of drug-likeness (QED) is 0.668. The van der Waals surface area contributed by atoms with Crippen molar-refractivity contribution in [2.24, 2.45) is 0 Å². The third-order valence-electron chi connectivity index (χ3n) is 3.38. The van der Waals surface area contributed by atoms with Gasteiger partial charge in [0.25, 0.3) is 5.69 Å². The Labute approximate surface area is 108 Å². The Kier molecular flexibility index (Phi) is 4.08. The molecule has 3 atom stereocenters. The van der Waals surface area contributed by atoms with Crippen molar-refractivity contribution in [3.63, 3.8) is 0 Å². The van der Waals surface area contributed by atoms with E-state index in [4.69, 9.17) is 0 Å². The zero-order chi connectivity index (χ0) is 13.1. The zero-order valence-corrected chi connectivity index (χ0v) is 11.0. The van der Waals surface area contributed by atoms with E-state index in [0.29, 0.717) is 10.9 Å². The zero-order valence-electron chi connectivity index (χ0n) is 10.2. The van der Waals surface area contributed by atoms with Gasteiger partial charge in [-0.1, -0.05) is 0 Å². The molecule has 0 spiro atoms. The van der Waals surface area contributed by atoms with Crippen molar-refractivity contribution in [1.29, 1.82) is 0 Å². The summed E-state index contributed by atoms with van der Waals surface area (Å²) in [6, 6.07) is 6.47. The van der Waals surface area contributed by atoms with Crippen molar-refractivity contribution < 1.29 is 9.13 Å². The van der Waals surface area contributed by atoms with Gasteiger partial charge >= 0.3 is 0 Å². The standard InChI is InChI=1S/C12H16N2O3S/c1-13-9-2-5-12(8-9)18(17)11-6-3-10(4-7-11)14(15)16/h3-4,6-7,9,12-13H,2,5,8H2,1H3. The number of nitro groups is 1. The molecule has 1 aliphatic carbocycles. The Balaban J connectivity index is 2.07. The number of benzene rings is 1. The van der Waals surface area contributed by atoms with E-state index in [-0.39, 0.29) is 10.9 Å². The summed E-state index contributed by atoms with van der Waals surface area (Å²) in [6.45, 7) is 0. The SMILES string of the molecule is CNC1CCC(S(=O)c2ccc([N+](=O)[O-])cc2)C1. The van der Waals surface area contributed by atoms with E-state index in [0.717, 1.165) is 19.3 Å². The van der Waals surface area contributed by atoms with Crippen molar-refractivity contribution in [3.8, 4) is 0 Å². The summed E-state index contributed by atoms with van der Waals surface area (Å²) in [5.41, 5.74) is 0.0373. The van der Waals surface area contributed by atoms with E-state index in [2.05, 4.69) is 5.32 Å². The first-order chi connectivity index (χ1) is 8.61. The van der Waals surface area contributed by atoms with Gasteiger partial charge in [-0.05, 0) is 38.4 Å². The molecule has 1 aromatic carbocycles. The molecule has 0 bridgehead atoms. The average Bonchev–Trinajstić information content (AvgIpc) is 2.86. The highest BCUT2D eigenvalue weighted by atomic mass is 32.2. The summed E-state index contributed by atoms with van der Waals surface area (Å²) in [5.74, 6) is 0. The Morgan fingerprint density at radius 2 is 2.00 bits per heavy atom. The topological polar surface area (TPSA) is 72.2 Å². The predicted molar refractivity (Wildman–Crippen MR) is 70.0 cm³/mol. The fourth-order valence-electron chi connectivity index (χ4n) is 2.29. The number of nitrogens with zero attached hydrogens (tertiary/aromatic N) is 1. The van der Waals surface area contributed by atoms with Crippen molar-refractivity contribution in [1.82, 2.24) is 5.32 Å². The second kappa shape index (κ2) is 5.58. The second-order valence-electron chi connectivity index (χ2n) is 4.47. The first kappa shape index (κ1) is 13.2. The Morgan fingerprint density at radius 1 is 1.33 bits per heavy atom. The molecule has 1 N–H and O–H groups in total. The van der Waals surface area contributed by atoms with Crippen molar-refractivity contribution in [2.75, 3.05) is 7.05 Å². The van der Waals surface area contributed by atoms with E-state index in [1.165, 1.54) is 12.1 Å². The molecule has 0 saturated heterocycles. The molecule has 1 fully saturated rings. The monoisotopic (exact) mass is 268 g/mol. The predicted octanol–water partition coefficient (Wildman–Crippen LogP) is 1.84. The van der Waals surface area contributed by atoms with Crippen LogP contribution in [0.15, 0.2) is 29.2 Å². The van der Waals surface area contributed by atoms with Crippen molar-refractivity contribution in [2.45, 2.75) is 35.4 Å². The van der Waals surface area contributed by atoms with E-state index in [1.807, 2.05) is 7.05 Å². The Morgan fingerprint density at radius 3 is 2.50 bits per heavy atom. The van der Waals surface area contributed by atoms with E-state index in [9.17, 15) is 14.3 Å². The van der Waals surface area contributed by atoms with E-state index >= 15 is 0 Å². The van der Waals surface area contributed by atoms with Gasteiger partial charge in [0.05, 0.1) is 15.7 Å². The van der Waals surface area contributed by atoms with Crippen LogP contribution in [0.3, 0.4) is 0 Å². The van der Waals surface area contributed by atoms with Crippen LogP contribution in [0, 0.1) is 10.1 Å². The van der Waals surface area contributed by atoms with Crippen LogP contribution < -0.4 is 5.32 Å². The van der Waals surface area contributed by atoms with Gasteiger partial charge in [-0.3, -0.25) is 14.3 Å². The highest BCUT2D eigenvalue weighted by Gasteiger charge is 2.28. The molecule has 3 unspecified atom stereocenters. The lowest BCUT2D eigenvalue weighted by Gasteiger charge is -2.10. The van der Waals surface area contributed by atoms with Crippen LogP contribution in [0.25, 0.3) is 0 Å². The number of nitrogens with one attached hydrogen (secondary N) is 1. The minimum absolute atomic E-state index is 0.0373. The van der Waals surface area contributed by atoms with Crippen LogP contribution in [0.1, 0.15) is 19.3 Å². The summed E-state index contributed by atoms with van der Waals surface area (Å²) in [5, 5.41) is 13.9. The smallest absolute Gasteiger partial charge is 0.269 e. The van der Waals surface area contributed by atoms with Gasteiger partial charge in [-0.2, -0.15) is 0 Å². The normalized spacial score (nSPS) is 24.9. The van der Waals surface area contributed by atoms with Gasteiger partial charge in [0.1, 0.15) is 0 Å². The molecule has 2 rings (SSSR count). The number of rotatable bonds is 4. The number of non-ortho nitro benzene ring substituents is 1. The third-order valence-corrected chi connectivity index (χ3v) is 5.15. The molecular weight excluding hydrogens is 252 g/mol. The molecule has 98 valence electrons. The lowest BCUT2D eigenvalue weighted by Crippen LogP contribution is -2.23. The molecular formula is C12H16N2O3S. The van der Waals surface area contributed by atoms with Gasteiger partial charge in [0, 0.05) is 28.3 Å². The lowest BCUT2D eigenvalue weighted by atomic mass is 10.3. The van der Waals surface area contributed by atoms with E-state index < -0.39 is 15.7 Å². The fourth-order valence-corrected chi connectivity index (χ4v) is 3.84. The second-order valence-corrected chi connectivity index (χ2v) is 6.20. The van der Waals surface area contributed by atoms with Gasteiger partial charge in [-0.25, -0.2) is 0 Å². The number of hydrogen-bond acceptors (Lipinski definition) is 4. The number of hydrogen-bond donors (Lipinski definition) is 1. The fraction of sp³-hybridized carbons (Fsp3) is 0.500. The average molecular weight is 268 g/mol. The summed E-state index contributed by atoms with van der Waals surface area (Å²) in [6.07, 6.45) is 2.88. The van der Waals surface area contributed by atoms with Gasteiger partial charge < -0.3 is 5.32 Å². The molecule has 0 radical (unpaired) electrons. The molecule has 5 nitrogen and oxygen atoms in total. The molecule has 1 saturated carbocycles. The first-order valence-electron chi connectivity index (χ1n) is 5.94. The van der Waals surface area contributed by atoms with Crippen LogP contribution in [0.5, 0.6) is 0 Å². The van der Waals surface area contributed by atoms with Crippen LogP contribution in [0.4, 0.5) is 5.69 Å². The minimum atomic E-state index is -1.07. The summed E-state index contributed by atoms with van der Waals surface area (Å²) >= 11 is 0. The molecule has 0 heterocycles. The maximum atomic E-state index is 12.3. The number of nitro benzene ring substituents is 1. The Hall–Kier alpha value is -1.27. The van der Waals surface area contributed by atoms with Crippen LogP contribution in [0.2, 0.25) is 0 Å². The molecule has 0 aliphatic heterocycles. The molecule has 18 heavy (non-hydrogen) atoms. The highest BCUT2D eigenvalue weighted by Crippen LogP contribution is 2.27. The maximum absolute atomic E-state index is 12.3. The molecule has 0 aromatic heterocycles. The van der Waals surface area contributed by atoms with Crippen molar-refractivity contribution >= 4 is 16.5 Å². The Bertz CT molecular complexity index is 461. The lowest BCUT2D eigenvalue weighted by molar-refractivity contribution is -0.384. The van der Waals surface area contributed by atoms with Crippen LogP contribution in [-0.4, -0.2) is 27.5 Å². The molecule has 0 amide bonds. The summed E-state index contributed by atoms with van der Waals surface area (Å²) in [4.78, 5) is 10.8.